The van der Waals surface area contributed by atoms with E-state index in [0.717, 1.165) is 30.1 Å². The first-order valence-corrected chi connectivity index (χ1v) is 7.70. The molecular weight excluding hydrogens is 295 g/mol. The summed E-state index contributed by atoms with van der Waals surface area (Å²) in [6.07, 6.45) is 0.264. The first kappa shape index (κ1) is 15.3. The van der Waals surface area contributed by atoms with E-state index in [-0.39, 0.29) is 18.1 Å². The number of halogens is 1. The predicted octanol–water partition coefficient (Wildman–Crippen LogP) is 2.38. The zero-order valence-corrected chi connectivity index (χ0v) is 12.8. The SMILES string of the molecule is O=C(Cc1ccc(F)cc1)NCCN1CCOc2ccccc21. The van der Waals surface area contributed by atoms with Gasteiger partial charge in [-0.1, -0.05) is 24.3 Å². The molecule has 0 aliphatic carbocycles. The average molecular weight is 314 g/mol. The summed E-state index contributed by atoms with van der Waals surface area (Å²) in [5.41, 5.74) is 1.87. The Morgan fingerprint density at radius 2 is 1.96 bits per heavy atom. The highest BCUT2D eigenvalue weighted by Gasteiger charge is 2.16. The Balaban J connectivity index is 1.48. The van der Waals surface area contributed by atoms with Crippen molar-refractivity contribution in [2.24, 2.45) is 0 Å². The molecule has 23 heavy (non-hydrogen) atoms. The van der Waals surface area contributed by atoms with Crippen LogP contribution >= 0.6 is 0 Å². The lowest BCUT2D eigenvalue weighted by Crippen LogP contribution is -2.39. The third-order valence-corrected chi connectivity index (χ3v) is 3.81. The van der Waals surface area contributed by atoms with E-state index in [2.05, 4.69) is 10.2 Å². The summed E-state index contributed by atoms with van der Waals surface area (Å²) in [7, 11) is 0. The number of nitrogens with zero attached hydrogens (tertiary/aromatic N) is 1. The van der Waals surface area contributed by atoms with Crippen LogP contribution in [-0.4, -0.2) is 32.1 Å². The number of para-hydroxylation sites is 2. The lowest BCUT2D eigenvalue weighted by Gasteiger charge is -2.31. The molecule has 2 aromatic rings. The van der Waals surface area contributed by atoms with E-state index in [1.807, 2.05) is 24.3 Å². The molecule has 1 N–H and O–H groups in total. The van der Waals surface area contributed by atoms with Crippen LogP contribution in [0.2, 0.25) is 0 Å². The Labute approximate surface area is 134 Å². The number of amides is 1. The highest BCUT2D eigenvalue weighted by molar-refractivity contribution is 5.78. The van der Waals surface area contributed by atoms with Gasteiger partial charge in [0.25, 0.3) is 0 Å². The van der Waals surface area contributed by atoms with Crippen molar-refractivity contribution < 1.29 is 13.9 Å². The highest BCUT2D eigenvalue weighted by atomic mass is 19.1. The molecule has 0 unspecified atom stereocenters. The van der Waals surface area contributed by atoms with Crippen LogP contribution in [0.5, 0.6) is 5.75 Å². The summed E-state index contributed by atoms with van der Waals surface area (Å²) in [6, 6.07) is 13.9. The van der Waals surface area contributed by atoms with E-state index in [1.165, 1.54) is 12.1 Å². The normalized spacial score (nSPS) is 13.2. The minimum Gasteiger partial charge on any atom is -0.490 e. The maximum Gasteiger partial charge on any atom is 0.224 e. The van der Waals surface area contributed by atoms with Crippen molar-refractivity contribution in [3.8, 4) is 5.75 Å². The Morgan fingerprint density at radius 1 is 1.17 bits per heavy atom. The second-order valence-electron chi connectivity index (χ2n) is 5.46. The quantitative estimate of drug-likeness (QED) is 0.921. The largest absolute Gasteiger partial charge is 0.490 e. The fraction of sp³-hybridized carbons (Fsp3) is 0.278. The van der Waals surface area contributed by atoms with Crippen molar-refractivity contribution in [3.05, 3.63) is 59.9 Å². The van der Waals surface area contributed by atoms with Crippen molar-refractivity contribution in [2.75, 3.05) is 31.1 Å². The molecule has 1 aliphatic rings. The lowest BCUT2D eigenvalue weighted by atomic mass is 10.1. The molecule has 3 rings (SSSR count). The molecule has 0 fully saturated rings. The van der Waals surface area contributed by atoms with Crippen LogP contribution in [0.3, 0.4) is 0 Å². The highest BCUT2D eigenvalue weighted by Crippen LogP contribution is 2.30. The maximum absolute atomic E-state index is 12.8. The van der Waals surface area contributed by atoms with Crippen LogP contribution in [0.25, 0.3) is 0 Å². The Hall–Kier alpha value is -2.56. The fourth-order valence-corrected chi connectivity index (χ4v) is 2.64. The van der Waals surface area contributed by atoms with E-state index < -0.39 is 0 Å². The van der Waals surface area contributed by atoms with Crippen molar-refractivity contribution in [1.29, 1.82) is 0 Å². The first-order valence-electron chi connectivity index (χ1n) is 7.70. The number of fused-ring (bicyclic) bond motifs is 1. The summed E-state index contributed by atoms with van der Waals surface area (Å²) >= 11 is 0. The smallest absolute Gasteiger partial charge is 0.224 e. The molecule has 5 heteroatoms. The van der Waals surface area contributed by atoms with Gasteiger partial charge in [-0.25, -0.2) is 4.39 Å². The molecule has 0 saturated carbocycles. The number of ether oxygens (including phenoxy) is 1. The van der Waals surface area contributed by atoms with E-state index in [1.54, 1.807) is 12.1 Å². The van der Waals surface area contributed by atoms with Crippen LogP contribution in [0.1, 0.15) is 5.56 Å². The second kappa shape index (κ2) is 7.13. The molecule has 4 nitrogen and oxygen atoms in total. The van der Waals surface area contributed by atoms with E-state index in [0.29, 0.717) is 13.2 Å². The Bertz CT molecular complexity index is 673. The van der Waals surface area contributed by atoms with Gasteiger partial charge in [-0.3, -0.25) is 4.79 Å². The number of carbonyl (C=O) groups excluding carboxylic acids is 1. The van der Waals surface area contributed by atoms with Gasteiger partial charge in [0.1, 0.15) is 18.2 Å². The minimum absolute atomic E-state index is 0.0573. The molecule has 1 amide bonds. The molecule has 1 heterocycles. The molecule has 0 bridgehead atoms. The van der Waals surface area contributed by atoms with Crippen LogP contribution in [0.15, 0.2) is 48.5 Å². The van der Waals surface area contributed by atoms with Crippen molar-refractivity contribution in [3.63, 3.8) is 0 Å². The average Bonchev–Trinajstić information content (AvgIpc) is 2.57. The predicted molar refractivity (Wildman–Crippen MR) is 87.3 cm³/mol. The number of hydrogen-bond donors (Lipinski definition) is 1. The zero-order valence-electron chi connectivity index (χ0n) is 12.8. The van der Waals surface area contributed by atoms with Gasteiger partial charge in [-0.05, 0) is 29.8 Å². The molecule has 0 atom stereocenters. The van der Waals surface area contributed by atoms with Crippen LogP contribution in [-0.2, 0) is 11.2 Å². The number of anilines is 1. The van der Waals surface area contributed by atoms with Gasteiger partial charge in [-0.2, -0.15) is 0 Å². The molecule has 2 aromatic carbocycles. The summed E-state index contributed by atoms with van der Waals surface area (Å²) in [5.74, 6) is 0.537. The Morgan fingerprint density at radius 3 is 2.78 bits per heavy atom. The standard InChI is InChI=1S/C18H19FN2O2/c19-15-7-5-14(6-8-15)13-18(22)20-9-10-21-11-12-23-17-4-2-1-3-16(17)21/h1-8H,9-13H2,(H,20,22). The molecule has 0 saturated heterocycles. The van der Waals surface area contributed by atoms with Gasteiger partial charge in [0.2, 0.25) is 5.91 Å². The van der Waals surface area contributed by atoms with Crippen LogP contribution in [0.4, 0.5) is 10.1 Å². The number of rotatable bonds is 5. The summed E-state index contributed by atoms with van der Waals surface area (Å²) in [4.78, 5) is 14.1. The molecule has 1 aliphatic heterocycles. The summed E-state index contributed by atoms with van der Waals surface area (Å²) in [6.45, 7) is 2.76. The third kappa shape index (κ3) is 4.00. The second-order valence-corrected chi connectivity index (χ2v) is 5.46. The fourth-order valence-electron chi connectivity index (χ4n) is 2.64. The molecular formula is C18H19FN2O2. The maximum atomic E-state index is 12.8. The Kier molecular flexibility index (Phi) is 4.76. The lowest BCUT2D eigenvalue weighted by molar-refractivity contribution is -0.120. The van der Waals surface area contributed by atoms with Gasteiger partial charge in [-0.15, -0.1) is 0 Å². The summed E-state index contributed by atoms with van der Waals surface area (Å²) < 4.78 is 18.4. The van der Waals surface area contributed by atoms with Gasteiger partial charge in [0.15, 0.2) is 0 Å². The number of carbonyl (C=O) groups is 1. The van der Waals surface area contributed by atoms with Gasteiger partial charge >= 0.3 is 0 Å². The third-order valence-electron chi connectivity index (χ3n) is 3.81. The van der Waals surface area contributed by atoms with E-state index in [4.69, 9.17) is 4.74 Å². The first-order chi connectivity index (χ1) is 11.2. The number of nitrogens with one attached hydrogen (secondary N) is 1. The van der Waals surface area contributed by atoms with Crippen LogP contribution < -0.4 is 15.0 Å². The zero-order chi connectivity index (χ0) is 16.1. The van der Waals surface area contributed by atoms with Crippen LogP contribution in [0, 0.1) is 5.82 Å². The van der Waals surface area contributed by atoms with E-state index >= 15 is 0 Å². The van der Waals surface area contributed by atoms with E-state index in [9.17, 15) is 9.18 Å². The number of hydrogen-bond acceptors (Lipinski definition) is 3. The van der Waals surface area contributed by atoms with Gasteiger partial charge in [0, 0.05) is 13.1 Å². The molecule has 120 valence electrons. The topological polar surface area (TPSA) is 41.6 Å². The molecule has 0 spiro atoms. The van der Waals surface area contributed by atoms with Crippen molar-refractivity contribution in [2.45, 2.75) is 6.42 Å². The minimum atomic E-state index is -0.292. The van der Waals surface area contributed by atoms with Crippen molar-refractivity contribution >= 4 is 11.6 Å². The van der Waals surface area contributed by atoms with Gasteiger partial charge < -0.3 is 15.0 Å². The van der Waals surface area contributed by atoms with Crippen molar-refractivity contribution in [1.82, 2.24) is 5.32 Å². The number of benzene rings is 2. The molecule has 0 aromatic heterocycles. The molecule has 0 radical (unpaired) electrons. The summed E-state index contributed by atoms with van der Waals surface area (Å²) in [5, 5.41) is 2.91. The van der Waals surface area contributed by atoms with Gasteiger partial charge in [0.05, 0.1) is 18.7 Å². The monoisotopic (exact) mass is 314 g/mol.